The van der Waals surface area contributed by atoms with E-state index in [0.717, 1.165) is 31.7 Å². The van der Waals surface area contributed by atoms with E-state index in [-0.39, 0.29) is 17.7 Å². The molecular weight excluding hydrogens is 376 g/mol. The lowest BCUT2D eigenvalue weighted by Gasteiger charge is -2.37. The largest absolute Gasteiger partial charge is 0.492 e. The number of benzene rings is 1. The molecule has 0 saturated carbocycles. The van der Waals surface area contributed by atoms with Gasteiger partial charge in [-0.3, -0.25) is 4.90 Å². The summed E-state index contributed by atoms with van der Waals surface area (Å²) in [7, 11) is 2.06. The number of ether oxygens (including phenoxy) is 1. The maximum Gasteiger partial charge on any atom is 0.387 e. The highest BCUT2D eigenvalue weighted by molar-refractivity contribution is 7.17. The lowest BCUT2D eigenvalue weighted by atomic mass is 10.0. The summed E-state index contributed by atoms with van der Waals surface area (Å²) in [5.74, 6) is 0.122. The van der Waals surface area contributed by atoms with Crippen LogP contribution >= 0.6 is 11.3 Å². The van der Waals surface area contributed by atoms with Crippen molar-refractivity contribution in [1.29, 1.82) is 0 Å². The molecule has 1 aliphatic heterocycles. The Balaban J connectivity index is 1.76. The second-order valence-corrected chi connectivity index (χ2v) is 7.45. The van der Waals surface area contributed by atoms with Gasteiger partial charge in [-0.2, -0.15) is 18.4 Å². The Morgan fingerprint density at radius 3 is 2.70 bits per heavy atom. The molecule has 27 heavy (non-hydrogen) atoms. The molecule has 2 aromatic heterocycles. The zero-order valence-corrected chi connectivity index (χ0v) is 15.4. The third-order valence-corrected chi connectivity index (χ3v) is 5.78. The molecule has 1 saturated heterocycles. The molecule has 1 fully saturated rings. The average molecular weight is 395 g/mol. The lowest BCUT2D eigenvalue weighted by Crippen LogP contribution is -2.46. The summed E-state index contributed by atoms with van der Waals surface area (Å²) in [5.41, 5.74) is 0.775. The van der Waals surface area contributed by atoms with Crippen molar-refractivity contribution in [3.63, 3.8) is 0 Å². The predicted octanol–water partition coefficient (Wildman–Crippen LogP) is 2.43. The molecule has 1 N–H and O–H groups in total. The topological polar surface area (TPSA) is 66.1 Å². The van der Waals surface area contributed by atoms with Gasteiger partial charge in [0.05, 0.1) is 10.9 Å². The van der Waals surface area contributed by atoms with Crippen LogP contribution in [0.3, 0.4) is 0 Å². The van der Waals surface area contributed by atoms with Crippen molar-refractivity contribution < 1.29 is 18.6 Å². The number of likely N-dealkylation sites (N-methyl/N-ethyl adjacent to an activating group) is 1. The van der Waals surface area contributed by atoms with Crippen LogP contribution in [-0.2, 0) is 0 Å². The van der Waals surface area contributed by atoms with E-state index < -0.39 is 6.61 Å². The Bertz CT molecular complexity index is 923. The summed E-state index contributed by atoms with van der Waals surface area (Å²) in [6.45, 7) is 0.448. The first-order valence-corrected chi connectivity index (χ1v) is 9.33. The second kappa shape index (κ2) is 7.37. The highest BCUT2D eigenvalue weighted by atomic mass is 32.1. The van der Waals surface area contributed by atoms with Crippen molar-refractivity contribution in [2.24, 2.45) is 0 Å². The number of thiazole rings is 1. The first-order chi connectivity index (χ1) is 13.0. The van der Waals surface area contributed by atoms with Gasteiger partial charge in [-0.25, -0.2) is 4.98 Å². The number of alkyl halides is 2. The second-order valence-electron chi connectivity index (χ2n) is 6.44. The molecule has 10 heteroatoms. The van der Waals surface area contributed by atoms with Gasteiger partial charge in [-0.05, 0) is 24.7 Å². The minimum absolute atomic E-state index is 0.0246. The van der Waals surface area contributed by atoms with E-state index in [0.29, 0.717) is 9.84 Å². The Labute approximate surface area is 158 Å². The number of nitrogens with zero attached hydrogens (tertiary/aromatic N) is 5. The third-order valence-electron chi connectivity index (χ3n) is 4.69. The van der Waals surface area contributed by atoms with Crippen molar-refractivity contribution in [2.75, 3.05) is 33.2 Å². The van der Waals surface area contributed by atoms with Crippen LogP contribution in [0.5, 0.6) is 11.6 Å². The lowest BCUT2D eigenvalue weighted by molar-refractivity contribution is -0.0499. The molecule has 144 valence electrons. The van der Waals surface area contributed by atoms with E-state index in [1.165, 1.54) is 28.2 Å². The van der Waals surface area contributed by atoms with Crippen molar-refractivity contribution in [3.05, 3.63) is 41.0 Å². The van der Waals surface area contributed by atoms with Gasteiger partial charge in [0.2, 0.25) is 10.8 Å². The maximum absolute atomic E-state index is 12.6. The number of rotatable bonds is 5. The Kier molecular flexibility index (Phi) is 4.94. The van der Waals surface area contributed by atoms with Crippen LogP contribution in [0.2, 0.25) is 0 Å². The van der Waals surface area contributed by atoms with Gasteiger partial charge in [-0.1, -0.05) is 23.5 Å². The van der Waals surface area contributed by atoms with E-state index in [2.05, 4.69) is 31.7 Å². The number of hydrogen-bond acceptors (Lipinski definition) is 7. The molecule has 1 atom stereocenters. The average Bonchev–Trinajstić information content (AvgIpc) is 3.21. The summed E-state index contributed by atoms with van der Waals surface area (Å²) in [5, 5.41) is 14.7. The van der Waals surface area contributed by atoms with E-state index in [4.69, 9.17) is 0 Å². The monoisotopic (exact) mass is 395 g/mol. The fourth-order valence-corrected chi connectivity index (χ4v) is 4.43. The molecule has 4 rings (SSSR count). The predicted molar refractivity (Wildman–Crippen MR) is 96.5 cm³/mol. The number of fused-ring (bicyclic) bond motifs is 1. The van der Waals surface area contributed by atoms with E-state index >= 15 is 0 Å². The van der Waals surface area contributed by atoms with Crippen LogP contribution in [0.15, 0.2) is 30.6 Å². The van der Waals surface area contributed by atoms with Gasteiger partial charge in [0.15, 0.2) is 0 Å². The van der Waals surface area contributed by atoms with Crippen LogP contribution in [0.25, 0.3) is 4.96 Å². The summed E-state index contributed by atoms with van der Waals surface area (Å²) in [6.07, 6.45) is 1.39. The number of aromatic hydroxyl groups is 1. The maximum atomic E-state index is 12.6. The van der Waals surface area contributed by atoms with Crippen LogP contribution in [0, 0.1) is 0 Å². The standard InChI is InChI=1S/C17H19F2N5O2S/c1-22-5-7-23(8-6-22)13(11-3-2-4-12(9-11)26-16(18)19)14-15(25)24-17(27-14)20-10-21-24/h2-4,9-10,13,16,25H,5-8H2,1H3/t13-/m1/s1. The summed E-state index contributed by atoms with van der Waals surface area (Å²) >= 11 is 1.34. The smallest absolute Gasteiger partial charge is 0.387 e. The van der Waals surface area contributed by atoms with Gasteiger partial charge in [0.1, 0.15) is 12.1 Å². The fourth-order valence-electron chi connectivity index (χ4n) is 3.34. The molecule has 1 aliphatic rings. The zero-order chi connectivity index (χ0) is 19.0. The highest BCUT2D eigenvalue weighted by Crippen LogP contribution is 2.40. The molecule has 3 aromatic rings. The van der Waals surface area contributed by atoms with Gasteiger partial charge >= 0.3 is 6.61 Å². The molecular formula is C17H19F2N5O2S. The van der Waals surface area contributed by atoms with E-state index in [9.17, 15) is 13.9 Å². The van der Waals surface area contributed by atoms with Crippen LogP contribution < -0.4 is 4.74 Å². The minimum atomic E-state index is -2.88. The number of hydrogen-bond donors (Lipinski definition) is 1. The van der Waals surface area contributed by atoms with Gasteiger partial charge in [-0.15, -0.1) is 0 Å². The van der Waals surface area contributed by atoms with E-state index in [1.807, 2.05) is 6.07 Å². The molecule has 0 aliphatic carbocycles. The van der Waals surface area contributed by atoms with Gasteiger partial charge in [0.25, 0.3) is 0 Å². The highest BCUT2D eigenvalue weighted by Gasteiger charge is 2.31. The van der Waals surface area contributed by atoms with Crippen molar-refractivity contribution in [1.82, 2.24) is 24.4 Å². The van der Waals surface area contributed by atoms with Crippen molar-refractivity contribution in [3.8, 4) is 11.6 Å². The van der Waals surface area contributed by atoms with Crippen LogP contribution in [-0.4, -0.2) is 69.3 Å². The quantitative estimate of drug-likeness (QED) is 0.716. The molecule has 0 bridgehead atoms. The third kappa shape index (κ3) is 3.60. The first kappa shape index (κ1) is 18.1. The van der Waals surface area contributed by atoms with Crippen LogP contribution in [0.4, 0.5) is 8.78 Å². The number of aromatic nitrogens is 3. The molecule has 7 nitrogen and oxygen atoms in total. The molecule has 0 unspecified atom stereocenters. The Hall–Kier alpha value is -2.30. The minimum Gasteiger partial charge on any atom is -0.492 e. The Morgan fingerprint density at radius 1 is 1.22 bits per heavy atom. The summed E-state index contributed by atoms with van der Waals surface area (Å²) in [4.78, 5) is 9.88. The van der Waals surface area contributed by atoms with Gasteiger partial charge in [0, 0.05) is 26.2 Å². The van der Waals surface area contributed by atoms with Crippen molar-refractivity contribution in [2.45, 2.75) is 12.7 Å². The van der Waals surface area contributed by atoms with Crippen molar-refractivity contribution >= 4 is 16.3 Å². The normalized spacial score (nSPS) is 17.6. The van der Waals surface area contributed by atoms with Gasteiger partial charge < -0.3 is 14.7 Å². The van der Waals surface area contributed by atoms with Crippen LogP contribution in [0.1, 0.15) is 16.5 Å². The Morgan fingerprint density at radius 2 is 2.00 bits per heavy atom. The molecule has 1 aromatic carbocycles. The summed E-state index contributed by atoms with van der Waals surface area (Å²) < 4.78 is 31.2. The van der Waals surface area contributed by atoms with E-state index in [1.54, 1.807) is 12.1 Å². The first-order valence-electron chi connectivity index (χ1n) is 8.51. The zero-order valence-electron chi connectivity index (χ0n) is 14.6. The number of piperazine rings is 1. The number of halogens is 2. The molecule has 3 heterocycles. The molecule has 0 spiro atoms. The molecule has 0 amide bonds. The SMILES string of the molecule is CN1CCN([C@H](c2cccc(OC(F)F)c2)c2sc3ncnn3c2O)CC1. The fraction of sp³-hybridized carbons (Fsp3) is 0.412. The summed E-state index contributed by atoms with van der Waals surface area (Å²) in [6, 6.07) is 6.35. The molecule has 0 radical (unpaired) electrons.